The zero-order chi connectivity index (χ0) is 13.3. The Hall–Kier alpha value is -0.640. The summed E-state index contributed by atoms with van der Waals surface area (Å²) in [6.45, 7) is 12.3. The minimum Gasteiger partial charge on any atom is -0.393 e. The summed E-state index contributed by atoms with van der Waals surface area (Å²) in [5, 5.41) is 19.1. The predicted octanol–water partition coefficient (Wildman–Crippen LogP) is 2.44. The molecular weight excluding hydrogens is 216 g/mol. The molecule has 0 radical (unpaired) electrons. The monoisotopic (exact) mass is 242 g/mol. The molecule has 2 atom stereocenters. The van der Waals surface area contributed by atoms with Crippen LogP contribution in [0.2, 0.25) is 0 Å². The standard InChI is InChI=1S/C14H26O3/c1-11(2)9-13(15)5-7-17-8-6-14(16)10-12(3)4/h13-16H,1,3,5-10H2,2,4H3. The van der Waals surface area contributed by atoms with Crippen molar-refractivity contribution >= 4 is 0 Å². The van der Waals surface area contributed by atoms with Crippen molar-refractivity contribution in [2.75, 3.05) is 13.2 Å². The Morgan fingerprint density at radius 2 is 1.29 bits per heavy atom. The van der Waals surface area contributed by atoms with Gasteiger partial charge in [0.05, 0.1) is 12.2 Å². The van der Waals surface area contributed by atoms with E-state index in [2.05, 4.69) is 13.2 Å². The van der Waals surface area contributed by atoms with Gasteiger partial charge in [-0.05, 0) is 39.5 Å². The molecule has 0 aliphatic heterocycles. The Balaban J connectivity index is 3.39. The van der Waals surface area contributed by atoms with Crippen LogP contribution in [-0.2, 0) is 4.74 Å². The van der Waals surface area contributed by atoms with Crippen LogP contribution in [0, 0.1) is 0 Å². The highest BCUT2D eigenvalue weighted by molar-refractivity contribution is 4.91. The average molecular weight is 242 g/mol. The van der Waals surface area contributed by atoms with Gasteiger partial charge in [0.1, 0.15) is 0 Å². The summed E-state index contributed by atoms with van der Waals surface area (Å²) in [4.78, 5) is 0. The normalized spacial score (nSPS) is 14.4. The fraction of sp³-hybridized carbons (Fsp3) is 0.714. The third-order valence-electron chi connectivity index (χ3n) is 2.36. The van der Waals surface area contributed by atoms with Crippen molar-refractivity contribution < 1.29 is 14.9 Å². The fourth-order valence-corrected chi connectivity index (χ4v) is 1.55. The van der Waals surface area contributed by atoms with Crippen LogP contribution in [0.3, 0.4) is 0 Å². The molecule has 3 heteroatoms. The van der Waals surface area contributed by atoms with E-state index in [1.807, 2.05) is 13.8 Å². The molecule has 100 valence electrons. The van der Waals surface area contributed by atoms with E-state index < -0.39 is 0 Å². The molecule has 0 saturated carbocycles. The third kappa shape index (κ3) is 11.6. The number of rotatable bonds is 10. The summed E-state index contributed by atoms with van der Waals surface area (Å²) >= 11 is 0. The highest BCUT2D eigenvalue weighted by Crippen LogP contribution is 2.07. The van der Waals surface area contributed by atoms with E-state index >= 15 is 0 Å². The van der Waals surface area contributed by atoms with Gasteiger partial charge in [0, 0.05) is 13.2 Å². The molecule has 0 aromatic heterocycles. The van der Waals surface area contributed by atoms with E-state index in [-0.39, 0.29) is 12.2 Å². The summed E-state index contributed by atoms with van der Waals surface area (Å²) in [7, 11) is 0. The van der Waals surface area contributed by atoms with Crippen molar-refractivity contribution in [3.8, 4) is 0 Å². The lowest BCUT2D eigenvalue weighted by molar-refractivity contribution is 0.0578. The molecule has 3 nitrogen and oxygen atoms in total. The van der Waals surface area contributed by atoms with Gasteiger partial charge >= 0.3 is 0 Å². The largest absolute Gasteiger partial charge is 0.393 e. The lowest BCUT2D eigenvalue weighted by Crippen LogP contribution is -2.14. The lowest BCUT2D eigenvalue weighted by atomic mass is 10.1. The molecule has 0 rings (SSSR count). The maximum Gasteiger partial charge on any atom is 0.0599 e. The van der Waals surface area contributed by atoms with Crippen LogP contribution >= 0.6 is 0 Å². The maximum atomic E-state index is 9.55. The fourth-order valence-electron chi connectivity index (χ4n) is 1.55. The van der Waals surface area contributed by atoms with Crippen LogP contribution in [-0.4, -0.2) is 35.6 Å². The van der Waals surface area contributed by atoms with E-state index in [0.29, 0.717) is 38.9 Å². The van der Waals surface area contributed by atoms with Crippen LogP contribution in [0.1, 0.15) is 39.5 Å². The van der Waals surface area contributed by atoms with Crippen LogP contribution in [0.5, 0.6) is 0 Å². The van der Waals surface area contributed by atoms with Crippen molar-refractivity contribution in [2.45, 2.75) is 51.7 Å². The van der Waals surface area contributed by atoms with Gasteiger partial charge in [-0.3, -0.25) is 0 Å². The first-order valence-electron chi connectivity index (χ1n) is 6.14. The molecule has 0 amide bonds. The molecule has 0 aliphatic rings. The third-order valence-corrected chi connectivity index (χ3v) is 2.36. The summed E-state index contributed by atoms with van der Waals surface area (Å²) in [6.07, 6.45) is 1.75. The summed E-state index contributed by atoms with van der Waals surface area (Å²) in [5.74, 6) is 0. The molecule has 0 aromatic rings. The van der Waals surface area contributed by atoms with Gasteiger partial charge < -0.3 is 14.9 Å². The SMILES string of the molecule is C=C(C)CC(O)CCOCCC(O)CC(=C)C. The molecule has 0 spiro atoms. The Bertz CT molecular complexity index is 212. The number of aliphatic hydroxyl groups is 2. The first kappa shape index (κ1) is 16.4. The molecule has 0 heterocycles. The van der Waals surface area contributed by atoms with Crippen LogP contribution in [0.4, 0.5) is 0 Å². The molecule has 0 aromatic carbocycles. The van der Waals surface area contributed by atoms with E-state index in [1.165, 1.54) is 0 Å². The number of ether oxygens (including phenoxy) is 1. The number of hydrogen-bond acceptors (Lipinski definition) is 3. The molecule has 0 saturated heterocycles. The van der Waals surface area contributed by atoms with Gasteiger partial charge in [-0.2, -0.15) is 0 Å². The quantitative estimate of drug-likeness (QED) is 0.457. The smallest absolute Gasteiger partial charge is 0.0599 e. The number of aliphatic hydroxyl groups excluding tert-OH is 2. The summed E-state index contributed by atoms with van der Waals surface area (Å²) < 4.78 is 5.36. The predicted molar refractivity (Wildman–Crippen MR) is 70.9 cm³/mol. The minimum atomic E-state index is -0.368. The van der Waals surface area contributed by atoms with Gasteiger partial charge in [0.2, 0.25) is 0 Å². The van der Waals surface area contributed by atoms with Gasteiger partial charge in [0.25, 0.3) is 0 Å². The first-order valence-corrected chi connectivity index (χ1v) is 6.14. The van der Waals surface area contributed by atoms with E-state index in [1.54, 1.807) is 0 Å². The first-order chi connectivity index (χ1) is 7.91. The summed E-state index contributed by atoms with van der Waals surface area (Å²) in [6, 6.07) is 0. The van der Waals surface area contributed by atoms with Gasteiger partial charge in [0.15, 0.2) is 0 Å². The van der Waals surface area contributed by atoms with E-state index in [9.17, 15) is 10.2 Å². The summed E-state index contributed by atoms with van der Waals surface area (Å²) in [5.41, 5.74) is 1.96. The van der Waals surface area contributed by atoms with E-state index in [4.69, 9.17) is 4.74 Å². The topological polar surface area (TPSA) is 49.7 Å². The highest BCUT2D eigenvalue weighted by atomic mass is 16.5. The molecule has 17 heavy (non-hydrogen) atoms. The van der Waals surface area contributed by atoms with Crippen LogP contribution in [0.15, 0.2) is 24.3 Å². The van der Waals surface area contributed by atoms with Gasteiger partial charge in [-0.15, -0.1) is 13.2 Å². The molecule has 2 N–H and O–H groups in total. The Labute approximate surface area is 105 Å². The lowest BCUT2D eigenvalue weighted by Gasteiger charge is -2.12. The second kappa shape index (κ2) is 9.40. The molecule has 0 aliphatic carbocycles. The average Bonchev–Trinajstić information content (AvgIpc) is 2.14. The van der Waals surface area contributed by atoms with Gasteiger partial charge in [-0.1, -0.05) is 11.1 Å². The van der Waals surface area contributed by atoms with Crippen molar-refractivity contribution in [3.05, 3.63) is 24.3 Å². The van der Waals surface area contributed by atoms with Crippen LogP contribution in [0.25, 0.3) is 0 Å². The second-order valence-corrected chi connectivity index (χ2v) is 4.82. The van der Waals surface area contributed by atoms with E-state index in [0.717, 1.165) is 11.1 Å². The Morgan fingerprint density at radius 1 is 0.941 bits per heavy atom. The van der Waals surface area contributed by atoms with Crippen molar-refractivity contribution in [2.24, 2.45) is 0 Å². The van der Waals surface area contributed by atoms with Crippen molar-refractivity contribution in [1.82, 2.24) is 0 Å². The molecule has 0 fully saturated rings. The number of hydrogen-bond donors (Lipinski definition) is 2. The second-order valence-electron chi connectivity index (χ2n) is 4.82. The molecule has 2 unspecified atom stereocenters. The molecule has 0 bridgehead atoms. The molecular formula is C14H26O3. The highest BCUT2D eigenvalue weighted by Gasteiger charge is 2.06. The Kier molecular flexibility index (Phi) is 9.04. The maximum absolute atomic E-state index is 9.55. The van der Waals surface area contributed by atoms with Crippen LogP contribution < -0.4 is 0 Å². The van der Waals surface area contributed by atoms with Gasteiger partial charge in [-0.25, -0.2) is 0 Å². The minimum absolute atomic E-state index is 0.368. The van der Waals surface area contributed by atoms with Crippen molar-refractivity contribution in [1.29, 1.82) is 0 Å². The zero-order valence-corrected chi connectivity index (χ0v) is 11.1. The zero-order valence-electron chi connectivity index (χ0n) is 11.1. The Morgan fingerprint density at radius 3 is 1.59 bits per heavy atom. The van der Waals surface area contributed by atoms with Crippen molar-refractivity contribution in [3.63, 3.8) is 0 Å².